The van der Waals surface area contributed by atoms with Crippen molar-refractivity contribution in [2.45, 2.75) is 12.5 Å². The molecule has 0 aliphatic carbocycles. The number of hydrogen-bond acceptors (Lipinski definition) is 6. The van der Waals surface area contributed by atoms with Gasteiger partial charge in [0.2, 0.25) is 5.88 Å². The van der Waals surface area contributed by atoms with Crippen LogP contribution in [0.1, 0.15) is 16.6 Å². The molecule has 0 amide bonds. The molecular formula is C11H14N4OS. The van der Waals surface area contributed by atoms with E-state index in [-0.39, 0.29) is 6.04 Å². The third-order valence-corrected chi connectivity index (χ3v) is 3.27. The molecule has 2 heterocycles. The molecule has 0 aliphatic heterocycles. The average Bonchev–Trinajstić information content (AvgIpc) is 2.89. The van der Waals surface area contributed by atoms with Crippen molar-refractivity contribution in [2.24, 2.45) is 0 Å². The first-order chi connectivity index (χ1) is 8.33. The van der Waals surface area contributed by atoms with Gasteiger partial charge in [-0.3, -0.25) is 4.98 Å². The SMILES string of the molecule is CNC(Cc1cncs1)c1cc(OC)ncn1. The molecule has 1 N–H and O–H groups in total. The molecule has 0 radical (unpaired) electrons. The fourth-order valence-electron chi connectivity index (χ4n) is 1.55. The minimum atomic E-state index is 0.146. The maximum Gasteiger partial charge on any atom is 0.216 e. The highest BCUT2D eigenvalue weighted by Gasteiger charge is 2.13. The summed E-state index contributed by atoms with van der Waals surface area (Å²) in [7, 11) is 3.52. The standard InChI is InChI=1S/C11H14N4OS/c1-12-9(3-8-5-13-7-17-8)10-4-11(16-2)15-6-14-10/h4-7,9,12H,3H2,1-2H3. The van der Waals surface area contributed by atoms with Gasteiger partial charge in [-0.25, -0.2) is 9.97 Å². The lowest BCUT2D eigenvalue weighted by Gasteiger charge is -2.14. The zero-order valence-electron chi connectivity index (χ0n) is 9.75. The summed E-state index contributed by atoms with van der Waals surface area (Å²) in [5.41, 5.74) is 2.76. The number of nitrogens with zero attached hydrogens (tertiary/aromatic N) is 3. The molecule has 0 saturated heterocycles. The van der Waals surface area contributed by atoms with E-state index in [1.54, 1.807) is 18.4 Å². The summed E-state index contributed by atoms with van der Waals surface area (Å²) in [6.45, 7) is 0. The molecular weight excluding hydrogens is 236 g/mol. The molecule has 90 valence electrons. The lowest BCUT2D eigenvalue weighted by molar-refractivity contribution is 0.394. The first kappa shape index (κ1) is 11.9. The van der Waals surface area contributed by atoms with Crippen LogP contribution in [0.4, 0.5) is 0 Å². The van der Waals surface area contributed by atoms with E-state index in [4.69, 9.17) is 4.74 Å². The van der Waals surface area contributed by atoms with Gasteiger partial charge in [0.25, 0.3) is 0 Å². The molecule has 1 atom stereocenters. The Bertz CT molecular complexity index is 460. The molecule has 0 bridgehead atoms. The average molecular weight is 250 g/mol. The Balaban J connectivity index is 2.16. The number of likely N-dealkylation sites (N-methyl/N-ethyl adjacent to an activating group) is 1. The van der Waals surface area contributed by atoms with E-state index >= 15 is 0 Å². The second-order valence-corrected chi connectivity index (χ2v) is 4.47. The van der Waals surface area contributed by atoms with Crippen LogP contribution in [0.15, 0.2) is 24.1 Å². The van der Waals surface area contributed by atoms with Crippen LogP contribution >= 0.6 is 11.3 Å². The zero-order valence-corrected chi connectivity index (χ0v) is 10.6. The number of methoxy groups -OCH3 is 1. The van der Waals surface area contributed by atoms with Gasteiger partial charge in [-0.05, 0) is 7.05 Å². The number of ether oxygens (including phenoxy) is 1. The zero-order chi connectivity index (χ0) is 12.1. The van der Waals surface area contributed by atoms with Crippen LogP contribution in [0.3, 0.4) is 0 Å². The highest BCUT2D eigenvalue weighted by Crippen LogP contribution is 2.20. The van der Waals surface area contributed by atoms with E-state index < -0.39 is 0 Å². The lowest BCUT2D eigenvalue weighted by atomic mass is 10.1. The summed E-state index contributed by atoms with van der Waals surface area (Å²) in [5.74, 6) is 0.583. The molecule has 0 fully saturated rings. The molecule has 2 aromatic heterocycles. The smallest absolute Gasteiger partial charge is 0.216 e. The Morgan fingerprint density at radius 2 is 2.35 bits per heavy atom. The van der Waals surface area contributed by atoms with Gasteiger partial charge in [-0.15, -0.1) is 11.3 Å². The summed E-state index contributed by atoms with van der Waals surface area (Å²) in [5, 5.41) is 3.24. The van der Waals surface area contributed by atoms with Gasteiger partial charge in [-0.2, -0.15) is 0 Å². The number of rotatable bonds is 5. The first-order valence-corrected chi connectivity index (χ1v) is 6.12. The summed E-state index contributed by atoms with van der Waals surface area (Å²) in [6, 6.07) is 2.00. The molecule has 0 saturated carbocycles. The highest BCUT2D eigenvalue weighted by molar-refractivity contribution is 7.09. The van der Waals surface area contributed by atoms with Crippen molar-refractivity contribution in [3.8, 4) is 5.88 Å². The van der Waals surface area contributed by atoms with Gasteiger partial charge in [0, 0.05) is 23.6 Å². The molecule has 17 heavy (non-hydrogen) atoms. The van der Waals surface area contributed by atoms with Crippen molar-refractivity contribution in [3.63, 3.8) is 0 Å². The van der Waals surface area contributed by atoms with Crippen LogP contribution in [0.2, 0.25) is 0 Å². The fraction of sp³-hybridized carbons (Fsp3) is 0.364. The predicted octanol–water partition coefficient (Wildman–Crippen LogP) is 1.44. The van der Waals surface area contributed by atoms with Crippen molar-refractivity contribution >= 4 is 11.3 Å². The van der Waals surface area contributed by atoms with Crippen molar-refractivity contribution in [1.29, 1.82) is 0 Å². The van der Waals surface area contributed by atoms with Crippen molar-refractivity contribution in [2.75, 3.05) is 14.2 Å². The Hall–Kier alpha value is -1.53. The molecule has 2 aromatic rings. The van der Waals surface area contributed by atoms with Crippen molar-refractivity contribution in [3.05, 3.63) is 34.7 Å². The molecule has 6 heteroatoms. The van der Waals surface area contributed by atoms with Gasteiger partial charge >= 0.3 is 0 Å². The fourth-order valence-corrected chi connectivity index (χ4v) is 2.20. The van der Waals surface area contributed by atoms with E-state index in [9.17, 15) is 0 Å². The Morgan fingerprint density at radius 3 is 3.00 bits per heavy atom. The van der Waals surface area contributed by atoms with Crippen LogP contribution in [0.25, 0.3) is 0 Å². The summed E-state index contributed by atoms with van der Waals surface area (Å²) in [4.78, 5) is 13.6. The van der Waals surface area contributed by atoms with Crippen LogP contribution in [-0.2, 0) is 6.42 Å². The summed E-state index contributed by atoms with van der Waals surface area (Å²) >= 11 is 1.65. The first-order valence-electron chi connectivity index (χ1n) is 5.24. The third kappa shape index (κ3) is 2.98. The van der Waals surface area contributed by atoms with Crippen LogP contribution in [0, 0.1) is 0 Å². The number of aromatic nitrogens is 3. The highest BCUT2D eigenvalue weighted by atomic mass is 32.1. The quantitative estimate of drug-likeness (QED) is 0.870. The molecule has 0 spiro atoms. The van der Waals surface area contributed by atoms with E-state index in [1.165, 1.54) is 11.2 Å². The maximum absolute atomic E-state index is 5.10. The predicted molar refractivity (Wildman–Crippen MR) is 66.2 cm³/mol. The van der Waals surface area contributed by atoms with Gasteiger partial charge in [0.1, 0.15) is 6.33 Å². The third-order valence-electron chi connectivity index (χ3n) is 2.47. The Kier molecular flexibility index (Phi) is 4.00. The molecule has 5 nitrogen and oxygen atoms in total. The van der Waals surface area contributed by atoms with Gasteiger partial charge in [-0.1, -0.05) is 0 Å². The van der Waals surface area contributed by atoms with E-state index in [0.29, 0.717) is 5.88 Å². The number of hydrogen-bond donors (Lipinski definition) is 1. The van der Waals surface area contributed by atoms with E-state index in [1.807, 2.05) is 24.8 Å². The second-order valence-electron chi connectivity index (χ2n) is 3.50. The molecule has 2 rings (SSSR count). The van der Waals surface area contributed by atoms with E-state index in [2.05, 4.69) is 20.3 Å². The van der Waals surface area contributed by atoms with Crippen LogP contribution < -0.4 is 10.1 Å². The van der Waals surface area contributed by atoms with Crippen molar-refractivity contribution in [1.82, 2.24) is 20.3 Å². The molecule has 1 unspecified atom stereocenters. The topological polar surface area (TPSA) is 59.9 Å². The lowest BCUT2D eigenvalue weighted by Crippen LogP contribution is -2.19. The van der Waals surface area contributed by atoms with Gasteiger partial charge < -0.3 is 10.1 Å². The second kappa shape index (κ2) is 5.70. The van der Waals surface area contributed by atoms with Crippen molar-refractivity contribution < 1.29 is 4.74 Å². The van der Waals surface area contributed by atoms with E-state index in [0.717, 1.165) is 12.1 Å². The number of nitrogens with one attached hydrogen (secondary N) is 1. The minimum Gasteiger partial charge on any atom is -0.481 e. The monoisotopic (exact) mass is 250 g/mol. The van der Waals surface area contributed by atoms with Gasteiger partial charge in [0.05, 0.1) is 24.4 Å². The number of thiazole rings is 1. The molecule has 0 aromatic carbocycles. The normalized spacial score (nSPS) is 12.4. The van der Waals surface area contributed by atoms with Crippen LogP contribution in [0.5, 0.6) is 5.88 Å². The summed E-state index contributed by atoms with van der Waals surface area (Å²) < 4.78 is 5.10. The molecule has 0 aliphatic rings. The minimum absolute atomic E-state index is 0.146. The Labute approximate surface area is 104 Å². The maximum atomic E-state index is 5.10. The summed E-state index contributed by atoms with van der Waals surface area (Å²) in [6.07, 6.45) is 4.26. The Morgan fingerprint density at radius 1 is 1.47 bits per heavy atom. The van der Waals surface area contributed by atoms with Crippen LogP contribution in [-0.4, -0.2) is 29.1 Å². The van der Waals surface area contributed by atoms with Gasteiger partial charge in [0.15, 0.2) is 0 Å². The largest absolute Gasteiger partial charge is 0.481 e.